The second kappa shape index (κ2) is 11.7. The number of hydrogen-bond donors (Lipinski definition) is 1. The Morgan fingerprint density at radius 3 is 2.72 bits per heavy atom. The van der Waals surface area contributed by atoms with E-state index in [0.717, 1.165) is 12.8 Å². The second-order valence-electron chi connectivity index (χ2n) is 6.09. The van der Waals surface area contributed by atoms with E-state index in [9.17, 15) is 10.1 Å². The summed E-state index contributed by atoms with van der Waals surface area (Å²) in [5.41, 5.74) is 1.10. The quantitative estimate of drug-likeness (QED) is 0.255. The van der Waals surface area contributed by atoms with Crippen LogP contribution < -0.4 is 14.8 Å². The van der Waals surface area contributed by atoms with Crippen LogP contribution in [0.1, 0.15) is 25.3 Å². The molecule has 0 fully saturated rings. The molecule has 0 heterocycles. The Hall–Kier alpha value is -3.01. The lowest BCUT2D eigenvalue weighted by molar-refractivity contribution is -0.112. The number of hydrogen-bond acceptors (Lipinski definition) is 5. The Labute approximate surface area is 175 Å². The number of carbonyl (C=O) groups is 1. The van der Waals surface area contributed by atoms with E-state index >= 15 is 0 Å². The molecule has 0 saturated heterocycles. The van der Waals surface area contributed by atoms with Gasteiger partial charge in [0.1, 0.15) is 11.6 Å². The van der Waals surface area contributed by atoms with Crippen molar-refractivity contribution in [3.8, 4) is 17.6 Å². The van der Waals surface area contributed by atoms with Crippen LogP contribution in [0.15, 0.2) is 48.0 Å². The molecule has 0 bridgehead atoms. The zero-order valence-electron chi connectivity index (χ0n) is 16.4. The average Bonchev–Trinajstić information content (AvgIpc) is 2.71. The molecule has 6 nitrogen and oxygen atoms in total. The predicted octanol–water partition coefficient (Wildman–Crippen LogP) is 5.05. The van der Waals surface area contributed by atoms with Crippen molar-refractivity contribution in [2.24, 2.45) is 0 Å². The molecule has 0 unspecified atom stereocenters. The zero-order valence-corrected chi connectivity index (χ0v) is 17.2. The Bertz CT molecular complexity index is 906. The molecule has 2 aromatic carbocycles. The first-order valence-corrected chi connectivity index (χ1v) is 9.52. The van der Waals surface area contributed by atoms with Gasteiger partial charge in [-0.1, -0.05) is 37.1 Å². The number of nitriles is 1. The van der Waals surface area contributed by atoms with Crippen molar-refractivity contribution in [3.63, 3.8) is 0 Å². The smallest absolute Gasteiger partial charge is 0.266 e. The third-order valence-corrected chi connectivity index (χ3v) is 4.05. The van der Waals surface area contributed by atoms with Crippen molar-refractivity contribution < 1.29 is 19.0 Å². The SMILES string of the molecule is CCCCOc1cc(C=C(C#N)C(=O)Nc2cccc(Cl)c2)ccc1OCOC. The number of rotatable bonds is 10. The number of benzene rings is 2. The number of amides is 1. The minimum Gasteiger partial charge on any atom is -0.490 e. The standard InChI is InChI=1S/C22H23ClN2O4/c1-3-4-10-28-21-12-16(8-9-20(21)29-15-27-2)11-17(14-24)22(26)25-19-7-5-6-18(23)13-19/h5-9,11-13H,3-4,10,15H2,1-2H3,(H,25,26). The highest BCUT2D eigenvalue weighted by atomic mass is 35.5. The van der Waals surface area contributed by atoms with Crippen LogP contribution in [0.2, 0.25) is 5.02 Å². The van der Waals surface area contributed by atoms with Crippen molar-refractivity contribution >= 4 is 29.3 Å². The molecule has 0 radical (unpaired) electrons. The van der Waals surface area contributed by atoms with E-state index in [4.69, 9.17) is 25.8 Å². The van der Waals surface area contributed by atoms with Crippen molar-refractivity contribution in [2.45, 2.75) is 19.8 Å². The number of anilines is 1. The summed E-state index contributed by atoms with van der Waals surface area (Å²) in [6, 6.07) is 13.8. The fraction of sp³-hybridized carbons (Fsp3) is 0.273. The molecule has 0 aliphatic rings. The van der Waals surface area contributed by atoms with Crippen LogP contribution in [0, 0.1) is 11.3 Å². The molecule has 0 spiro atoms. The van der Waals surface area contributed by atoms with E-state index < -0.39 is 5.91 Å². The minimum atomic E-state index is -0.525. The van der Waals surface area contributed by atoms with E-state index in [2.05, 4.69) is 12.2 Å². The first kappa shape index (κ1) is 22.3. The highest BCUT2D eigenvalue weighted by Crippen LogP contribution is 2.30. The molecule has 1 N–H and O–H groups in total. The number of methoxy groups -OCH3 is 1. The molecule has 0 saturated carbocycles. The molecule has 0 atom stereocenters. The van der Waals surface area contributed by atoms with Crippen LogP contribution in [0.25, 0.3) is 6.08 Å². The van der Waals surface area contributed by atoms with Gasteiger partial charge in [0, 0.05) is 17.8 Å². The Kier molecular flexibility index (Phi) is 9.03. The maximum atomic E-state index is 12.4. The molecule has 0 aliphatic heterocycles. The Morgan fingerprint density at radius 1 is 1.21 bits per heavy atom. The topological polar surface area (TPSA) is 80.6 Å². The van der Waals surface area contributed by atoms with Gasteiger partial charge in [-0.05, 0) is 48.4 Å². The number of unbranched alkanes of at least 4 members (excludes halogenated alkanes) is 1. The highest BCUT2D eigenvalue weighted by molar-refractivity contribution is 6.31. The Morgan fingerprint density at radius 2 is 2.03 bits per heavy atom. The fourth-order valence-electron chi connectivity index (χ4n) is 2.38. The molecular formula is C22H23ClN2O4. The van der Waals surface area contributed by atoms with Crippen molar-refractivity contribution in [1.29, 1.82) is 5.26 Å². The summed E-state index contributed by atoms with van der Waals surface area (Å²) < 4.78 is 16.2. The lowest BCUT2D eigenvalue weighted by Gasteiger charge is -2.13. The zero-order chi connectivity index (χ0) is 21.1. The third-order valence-electron chi connectivity index (χ3n) is 3.81. The molecule has 152 valence electrons. The molecule has 2 rings (SSSR count). The number of nitrogens with one attached hydrogen (secondary N) is 1. The molecule has 1 amide bonds. The molecular weight excluding hydrogens is 392 g/mol. The first-order chi connectivity index (χ1) is 14.1. The summed E-state index contributed by atoms with van der Waals surface area (Å²) in [6.45, 7) is 2.70. The maximum Gasteiger partial charge on any atom is 0.266 e. The highest BCUT2D eigenvalue weighted by Gasteiger charge is 2.12. The van der Waals surface area contributed by atoms with Crippen molar-refractivity contribution in [2.75, 3.05) is 25.8 Å². The van der Waals surface area contributed by atoms with E-state index in [1.165, 1.54) is 13.2 Å². The summed E-state index contributed by atoms with van der Waals surface area (Å²) in [5.74, 6) is 0.529. The van der Waals surface area contributed by atoms with E-state index in [0.29, 0.717) is 34.4 Å². The van der Waals surface area contributed by atoms with Gasteiger partial charge in [0.05, 0.1) is 6.61 Å². The summed E-state index contributed by atoms with van der Waals surface area (Å²) in [4.78, 5) is 12.4. The van der Waals surface area contributed by atoms with Gasteiger partial charge in [0.15, 0.2) is 18.3 Å². The molecule has 7 heteroatoms. The van der Waals surface area contributed by atoms with Crippen LogP contribution in [0.5, 0.6) is 11.5 Å². The lowest BCUT2D eigenvalue weighted by atomic mass is 10.1. The number of ether oxygens (including phenoxy) is 3. The summed E-state index contributed by atoms with van der Waals surface area (Å²) in [7, 11) is 1.53. The molecule has 0 aliphatic carbocycles. The molecule has 29 heavy (non-hydrogen) atoms. The predicted molar refractivity (Wildman–Crippen MR) is 113 cm³/mol. The average molecular weight is 415 g/mol. The molecule has 0 aromatic heterocycles. The van der Waals surface area contributed by atoms with Crippen LogP contribution >= 0.6 is 11.6 Å². The monoisotopic (exact) mass is 414 g/mol. The third kappa shape index (κ3) is 7.15. The summed E-state index contributed by atoms with van der Waals surface area (Å²) >= 11 is 5.93. The van der Waals surface area contributed by atoms with Crippen LogP contribution in [-0.4, -0.2) is 26.4 Å². The van der Waals surface area contributed by atoms with Gasteiger partial charge in [-0.3, -0.25) is 4.79 Å². The maximum absolute atomic E-state index is 12.4. The van der Waals surface area contributed by atoms with Gasteiger partial charge in [-0.2, -0.15) is 5.26 Å². The van der Waals surface area contributed by atoms with E-state index in [-0.39, 0.29) is 12.4 Å². The van der Waals surface area contributed by atoms with Gasteiger partial charge in [0.25, 0.3) is 5.91 Å². The fourth-order valence-corrected chi connectivity index (χ4v) is 2.57. The molecule has 2 aromatic rings. The second-order valence-corrected chi connectivity index (χ2v) is 6.53. The van der Waals surface area contributed by atoms with Crippen LogP contribution in [-0.2, 0) is 9.53 Å². The largest absolute Gasteiger partial charge is 0.490 e. The number of nitrogens with zero attached hydrogens (tertiary/aromatic N) is 1. The van der Waals surface area contributed by atoms with Crippen molar-refractivity contribution in [1.82, 2.24) is 0 Å². The van der Waals surface area contributed by atoms with Gasteiger partial charge < -0.3 is 19.5 Å². The lowest BCUT2D eigenvalue weighted by Crippen LogP contribution is -2.13. The number of carbonyl (C=O) groups excluding carboxylic acids is 1. The van der Waals surface area contributed by atoms with Gasteiger partial charge >= 0.3 is 0 Å². The normalized spacial score (nSPS) is 10.9. The van der Waals surface area contributed by atoms with Crippen LogP contribution in [0.4, 0.5) is 5.69 Å². The first-order valence-electron chi connectivity index (χ1n) is 9.14. The summed E-state index contributed by atoms with van der Waals surface area (Å²) in [5, 5.41) is 12.6. The van der Waals surface area contributed by atoms with Gasteiger partial charge in [0.2, 0.25) is 0 Å². The summed E-state index contributed by atoms with van der Waals surface area (Å²) in [6.07, 6.45) is 3.39. The van der Waals surface area contributed by atoms with Gasteiger partial charge in [-0.15, -0.1) is 0 Å². The van der Waals surface area contributed by atoms with E-state index in [1.807, 2.05) is 6.07 Å². The van der Waals surface area contributed by atoms with E-state index in [1.54, 1.807) is 42.5 Å². The Balaban J connectivity index is 2.23. The van der Waals surface area contributed by atoms with Crippen molar-refractivity contribution in [3.05, 3.63) is 58.6 Å². The van der Waals surface area contributed by atoms with Gasteiger partial charge in [-0.25, -0.2) is 0 Å². The number of halogens is 1. The minimum absolute atomic E-state index is 0.0463. The van der Waals surface area contributed by atoms with Crippen LogP contribution in [0.3, 0.4) is 0 Å².